The summed E-state index contributed by atoms with van der Waals surface area (Å²) in [6.07, 6.45) is 43.5. The molecule has 90 heavy (non-hydrogen) atoms. The SMILES string of the molecule is CC/C=C\C/C=C\C/C=C\C/C=C\C/C=C\C/C=C\C/C=C\C/C=C\CCCCCCCCCCCCCCCCCCC(=O)NC(COC1OC(CO)C(OC2OC(CO)C(OC3OC(CO)C(O)C(O)C3O)C(O)C2O)C(O)C1O)C(O)/C=C/CCCC. The summed E-state index contributed by atoms with van der Waals surface area (Å²) in [7, 11) is 0. The van der Waals surface area contributed by atoms with E-state index in [4.69, 9.17) is 28.4 Å². The third-order valence-corrected chi connectivity index (χ3v) is 16.3. The lowest BCUT2D eigenvalue weighted by molar-refractivity contribution is -0.379. The third kappa shape index (κ3) is 33.5. The Kier molecular flexibility index (Phi) is 46.5. The molecule has 17 atom stereocenters. The average molecular weight is 1270 g/mol. The Morgan fingerprint density at radius 2 is 0.767 bits per heavy atom. The van der Waals surface area contributed by atoms with E-state index >= 15 is 0 Å². The molecular weight excluding hydrogens is 1150 g/mol. The minimum Gasteiger partial charge on any atom is -0.394 e. The standard InChI is InChI=1S/C71H119NO18/c1-3-5-7-9-10-11-12-13-14-15-16-17-18-19-20-21-22-23-24-25-26-27-28-29-30-31-32-33-34-35-36-37-38-39-40-41-42-43-44-45-47-49-59(77)72-54(55(76)48-46-8-6-4-2)53-85-69-65(83)62(80)67(57(51-74)87-69)90-71-66(84)63(81)68(58(52-75)88-71)89-70-64(82)61(79)60(78)56(50-73)86-70/h5,7,10-11,13-14,16-17,19-20,22-23,25-26,28-29,46,48,54-58,60-71,73-76,78-84H,3-4,6,8-9,12,15,18,21,24,27,30-45,47,49-53H2,1-2H3,(H,72,77)/b7-5-,11-10-,14-13-,17-16-,20-19-,23-22-,26-25-,29-28-,48-46+. The molecule has 19 heteroatoms. The molecule has 19 nitrogen and oxygen atoms in total. The van der Waals surface area contributed by atoms with E-state index in [1.165, 1.54) is 83.5 Å². The van der Waals surface area contributed by atoms with E-state index in [1.54, 1.807) is 6.08 Å². The maximum absolute atomic E-state index is 13.2. The van der Waals surface area contributed by atoms with Crippen LogP contribution < -0.4 is 5.32 Å². The van der Waals surface area contributed by atoms with Crippen molar-refractivity contribution in [1.29, 1.82) is 0 Å². The molecule has 0 aromatic heterocycles. The van der Waals surface area contributed by atoms with Crippen LogP contribution >= 0.6 is 0 Å². The van der Waals surface area contributed by atoms with Crippen LogP contribution in [-0.4, -0.2) is 193 Å². The van der Waals surface area contributed by atoms with Crippen molar-refractivity contribution >= 4 is 5.91 Å². The molecule has 516 valence electrons. The molecule has 3 saturated heterocycles. The summed E-state index contributed by atoms with van der Waals surface area (Å²) in [5, 5.41) is 119. The van der Waals surface area contributed by atoms with Gasteiger partial charge in [-0.25, -0.2) is 0 Å². The minimum absolute atomic E-state index is 0.236. The van der Waals surface area contributed by atoms with Crippen LogP contribution in [-0.2, 0) is 33.2 Å². The molecule has 12 N–H and O–H groups in total. The highest BCUT2D eigenvalue weighted by atomic mass is 16.8. The average Bonchev–Trinajstić information content (AvgIpc) is 1.63. The monoisotopic (exact) mass is 1270 g/mol. The second kappa shape index (κ2) is 51.8. The predicted molar refractivity (Wildman–Crippen MR) is 350 cm³/mol. The van der Waals surface area contributed by atoms with E-state index < -0.39 is 124 Å². The second-order valence-corrected chi connectivity index (χ2v) is 23.9. The number of carbonyl (C=O) groups is 1. The summed E-state index contributed by atoms with van der Waals surface area (Å²) in [5.41, 5.74) is 0. The van der Waals surface area contributed by atoms with Crippen molar-refractivity contribution in [3.05, 3.63) is 109 Å². The number of unbranched alkanes of at least 4 members (excludes halogenated alkanes) is 18. The molecule has 3 aliphatic rings. The molecule has 0 spiro atoms. The van der Waals surface area contributed by atoms with Crippen LogP contribution in [0.4, 0.5) is 0 Å². The summed E-state index contributed by atoms with van der Waals surface area (Å²) in [5.74, 6) is -0.289. The maximum Gasteiger partial charge on any atom is 0.220 e. The molecule has 0 saturated carbocycles. The van der Waals surface area contributed by atoms with E-state index in [0.717, 1.165) is 83.5 Å². The largest absolute Gasteiger partial charge is 0.394 e. The number of hydrogen-bond acceptors (Lipinski definition) is 18. The molecule has 0 bridgehead atoms. The normalized spacial score (nSPS) is 28.7. The topological polar surface area (TPSA) is 307 Å². The molecule has 1 amide bonds. The van der Waals surface area contributed by atoms with Crippen molar-refractivity contribution in [1.82, 2.24) is 5.32 Å². The Morgan fingerprint density at radius 3 is 1.19 bits per heavy atom. The fraction of sp³-hybridized carbons (Fsp3) is 0.732. The lowest BCUT2D eigenvalue weighted by Crippen LogP contribution is -2.66. The molecule has 17 unspecified atom stereocenters. The van der Waals surface area contributed by atoms with E-state index in [9.17, 15) is 61.0 Å². The van der Waals surface area contributed by atoms with Crippen LogP contribution in [0.2, 0.25) is 0 Å². The van der Waals surface area contributed by atoms with Gasteiger partial charge in [-0.05, 0) is 77.0 Å². The van der Waals surface area contributed by atoms with Gasteiger partial charge in [-0.2, -0.15) is 0 Å². The highest BCUT2D eigenvalue weighted by molar-refractivity contribution is 5.76. The van der Waals surface area contributed by atoms with Crippen molar-refractivity contribution < 1.29 is 89.4 Å². The Labute approximate surface area is 538 Å². The maximum atomic E-state index is 13.2. The zero-order chi connectivity index (χ0) is 65.4. The van der Waals surface area contributed by atoms with Crippen LogP contribution in [0.25, 0.3) is 0 Å². The number of aliphatic hydroxyl groups excluding tert-OH is 11. The number of aliphatic hydroxyl groups is 11. The van der Waals surface area contributed by atoms with Gasteiger partial charge in [0.2, 0.25) is 5.91 Å². The van der Waals surface area contributed by atoms with Gasteiger partial charge in [0, 0.05) is 6.42 Å². The van der Waals surface area contributed by atoms with Crippen molar-refractivity contribution in [2.75, 3.05) is 26.4 Å². The van der Waals surface area contributed by atoms with Crippen LogP contribution in [0, 0.1) is 0 Å². The number of amides is 1. The molecule has 3 heterocycles. The first-order valence-corrected chi connectivity index (χ1v) is 34.1. The van der Waals surface area contributed by atoms with Gasteiger partial charge >= 0.3 is 0 Å². The van der Waals surface area contributed by atoms with E-state index in [0.29, 0.717) is 12.8 Å². The first-order chi connectivity index (χ1) is 43.8. The Hall–Kier alpha value is -3.55. The fourth-order valence-electron chi connectivity index (χ4n) is 10.8. The Bertz CT molecular complexity index is 2060. The molecular formula is C71H119NO18. The Morgan fingerprint density at radius 1 is 0.411 bits per heavy atom. The molecule has 3 aliphatic heterocycles. The zero-order valence-electron chi connectivity index (χ0n) is 54.3. The predicted octanol–water partition coefficient (Wildman–Crippen LogP) is 8.66. The highest BCUT2D eigenvalue weighted by Crippen LogP contribution is 2.33. The van der Waals surface area contributed by atoms with Crippen molar-refractivity contribution in [3.63, 3.8) is 0 Å². The molecule has 3 fully saturated rings. The van der Waals surface area contributed by atoms with Gasteiger partial charge in [0.15, 0.2) is 18.9 Å². The summed E-state index contributed by atoms with van der Waals surface area (Å²) in [6.45, 7) is 1.41. The van der Waals surface area contributed by atoms with Gasteiger partial charge in [0.25, 0.3) is 0 Å². The van der Waals surface area contributed by atoms with E-state index in [-0.39, 0.29) is 18.9 Å². The van der Waals surface area contributed by atoms with Gasteiger partial charge in [-0.3, -0.25) is 4.79 Å². The van der Waals surface area contributed by atoms with Gasteiger partial charge in [-0.1, -0.05) is 226 Å². The van der Waals surface area contributed by atoms with Gasteiger partial charge in [0.05, 0.1) is 38.6 Å². The van der Waals surface area contributed by atoms with Crippen molar-refractivity contribution in [2.24, 2.45) is 0 Å². The summed E-state index contributed by atoms with van der Waals surface area (Å²) >= 11 is 0. The molecule has 0 aromatic rings. The van der Waals surface area contributed by atoms with Crippen LogP contribution in [0.1, 0.15) is 200 Å². The number of ether oxygens (including phenoxy) is 6. The van der Waals surface area contributed by atoms with Crippen molar-refractivity contribution in [3.8, 4) is 0 Å². The van der Waals surface area contributed by atoms with E-state index in [1.807, 2.05) is 13.0 Å². The lowest BCUT2D eigenvalue weighted by atomic mass is 9.96. The van der Waals surface area contributed by atoms with Crippen LogP contribution in [0.15, 0.2) is 109 Å². The molecule has 3 rings (SSSR count). The van der Waals surface area contributed by atoms with Gasteiger partial charge in [0.1, 0.15) is 73.2 Å². The number of rotatable bonds is 50. The summed E-state index contributed by atoms with van der Waals surface area (Å²) < 4.78 is 34.0. The first kappa shape index (κ1) is 80.7. The summed E-state index contributed by atoms with van der Waals surface area (Å²) in [6, 6.07) is -0.973. The lowest BCUT2D eigenvalue weighted by Gasteiger charge is -2.48. The fourth-order valence-corrected chi connectivity index (χ4v) is 10.8. The number of hydrogen-bond donors (Lipinski definition) is 12. The van der Waals surface area contributed by atoms with Crippen molar-refractivity contribution in [2.45, 2.75) is 304 Å². The number of allylic oxidation sites excluding steroid dienone is 17. The third-order valence-electron chi connectivity index (χ3n) is 16.3. The molecule has 0 aromatic carbocycles. The molecule has 0 radical (unpaired) electrons. The minimum atomic E-state index is -1.98. The quantitative estimate of drug-likeness (QED) is 0.0200. The van der Waals surface area contributed by atoms with Crippen LogP contribution in [0.3, 0.4) is 0 Å². The number of nitrogens with one attached hydrogen (secondary N) is 1. The van der Waals surface area contributed by atoms with E-state index in [2.05, 4.69) is 109 Å². The van der Waals surface area contributed by atoms with Gasteiger partial charge < -0.3 is 89.9 Å². The smallest absolute Gasteiger partial charge is 0.220 e. The zero-order valence-corrected chi connectivity index (χ0v) is 54.3. The highest BCUT2D eigenvalue weighted by Gasteiger charge is 2.53. The summed E-state index contributed by atoms with van der Waals surface area (Å²) in [4.78, 5) is 13.2. The Balaban J connectivity index is 1.22. The second-order valence-electron chi connectivity index (χ2n) is 23.9. The number of carbonyl (C=O) groups excluding carboxylic acids is 1. The van der Waals surface area contributed by atoms with Crippen LogP contribution in [0.5, 0.6) is 0 Å². The molecule has 0 aliphatic carbocycles. The first-order valence-electron chi connectivity index (χ1n) is 34.1. The van der Waals surface area contributed by atoms with Gasteiger partial charge in [-0.15, -0.1) is 0 Å².